The maximum atomic E-state index is 11.7. The summed E-state index contributed by atoms with van der Waals surface area (Å²) in [5.74, 6) is 0.643. The van der Waals surface area contributed by atoms with Gasteiger partial charge in [0.05, 0.1) is 18.2 Å². The molecule has 1 aromatic carbocycles. The summed E-state index contributed by atoms with van der Waals surface area (Å²) in [5, 5.41) is 8.88. The third-order valence-electron chi connectivity index (χ3n) is 4.20. The summed E-state index contributed by atoms with van der Waals surface area (Å²) in [7, 11) is 0. The Morgan fingerprint density at radius 3 is 2.71 bits per heavy atom. The van der Waals surface area contributed by atoms with Crippen molar-refractivity contribution in [3.63, 3.8) is 0 Å². The lowest BCUT2D eigenvalue weighted by atomic mass is 10.0. The fraction of sp³-hybridized carbons (Fsp3) is 0.471. The summed E-state index contributed by atoms with van der Waals surface area (Å²) in [6, 6.07) is 8.46. The molecule has 0 aliphatic carbocycles. The number of carbonyl (C=O) groups is 2. The van der Waals surface area contributed by atoms with Crippen molar-refractivity contribution in [2.75, 3.05) is 26.2 Å². The average molecular weight is 330 g/mol. The van der Waals surface area contributed by atoms with E-state index in [1.807, 2.05) is 0 Å². The number of amides is 3. The first-order chi connectivity index (χ1) is 11.5. The van der Waals surface area contributed by atoms with E-state index in [4.69, 9.17) is 15.7 Å². The van der Waals surface area contributed by atoms with E-state index in [0.717, 1.165) is 0 Å². The minimum atomic E-state index is -0.481. The van der Waals surface area contributed by atoms with E-state index in [9.17, 15) is 9.59 Å². The Labute approximate surface area is 141 Å². The Hall–Kier alpha value is -2.75. The maximum Gasteiger partial charge on any atom is 0.315 e. The normalized spacial score (nSPS) is 14.8. The molecule has 1 heterocycles. The topological polar surface area (TPSA) is 99.7 Å². The Morgan fingerprint density at radius 1 is 1.42 bits per heavy atom. The van der Waals surface area contributed by atoms with E-state index in [2.05, 4.69) is 6.07 Å². The van der Waals surface area contributed by atoms with Crippen LogP contribution in [0.1, 0.15) is 25.3 Å². The van der Waals surface area contributed by atoms with E-state index >= 15 is 0 Å². The lowest BCUT2D eigenvalue weighted by Gasteiger charge is -2.37. The van der Waals surface area contributed by atoms with Gasteiger partial charge in [-0.25, -0.2) is 4.79 Å². The molecule has 1 fully saturated rings. The molecule has 0 spiro atoms. The number of likely N-dealkylation sites (tertiary alicyclic amines) is 1. The number of ether oxygens (including phenoxy) is 1. The minimum Gasteiger partial charge on any atom is -0.492 e. The SMILES string of the molecule is CC(=O)N1CCC(N(CCOc2cccc(C#N)c2)C(N)=O)CC1. The van der Waals surface area contributed by atoms with Gasteiger partial charge < -0.3 is 20.3 Å². The Bertz CT molecular complexity index is 633. The van der Waals surface area contributed by atoms with Crippen molar-refractivity contribution in [3.8, 4) is 11.8 Å². The van der Waals surface area contributed by atoms with Crippen molar-refractivity contribution in [1.82, 2.24) is 9.80 Å². The zero-order valence-corrected chi connectivity index (χ0v) is 13.8. The van der Waals surface area contributed by atoms with Crippen molar-refractivity contribution in [2.24, 2.45) is 5.73 Å². The number of nitrogens with zero attached hydrogens (tertiary/aromatic N) is 3. The van der Waals surface area contributed by atoms with Gasteiger partial charge in [0.1, 0.15) is 12.4 Å². The van der Waals surface area contributed by atoms with Crippen molar-refractivity contribution in [1.29, 1.82) is 5.26 Å². The fourth-order valence-corrected chi connectivity index (χ4v) is 2.88. The molecule has 7 nitrogen and oxygen atoms in total. The molecular weight excluding hydrogens is 308 g/mol. The predicted molar refractivity (Wildman–Crippen MR) is 88.2 cm³/mol. The molecule has 2 rings (SSSR count). The number of nitrogens with two attached hydrogens (primary N) is 1. The lowest BCUT2D eigenvalue weighted by molar-refractivity contribution is -0.130. The number of urea groups is 1. The summed E-state index contributed by atoms with van der Waals surface area (Å²) in [6.07, 6.45) is 1.43. The van der Waals surface area contributed by atoms with Gasteiger partial charge in [0.2, 0.25) is 5.91 Å². The standard InChI is InChI=1S/C17H22N4O3/c1-13(22)20-7-5-15(6-8-20)21(17(19)23)9-10-24-16-4-2-3-14(11-16)12-18/h2-4,11,15H,5-10H2,1H3,(H2,19,23). The number of carbonyl (C=O) groups excluding carboxylic acids is 2. The number of benzene rings is 1. The average Bonchev–Trinajstić information content (AvgIpc) is 2.58. The summed E-state index contributed by atoms with van der Waals surface area (Å²) < 4.78 is 5.61. The number of hydrogen-bond acceptors (Lipinski definition) is 4. The summed E-state index contributed by atoms with van der Waals surface area (Å²) in [6.45, 7) is 3.49. The first-order valence-electron chi connectivity index (χ1n) is 7.96. The van der Waals surface area contributed by atoms with Crippen molar-refractivity contribution >= 4 is 11.9 Å². The third kappa shape index (κ3) is 4.62. The summed E-state index contributed by atoms with van der Waals surface area (Å²) in [4.78, 5) is 26.5. The molecule has 0 atom stereocenters. The van der Waals surface area contributed by atoms with E-state index < -0.39 is 6.03 Å². The summed E-state index contributed by atoms with van der Waals surface area (Å²) in [5.41, 5.74) is 6.02. The molecule has 0 unspecified atom stereocenters. The predicted octanol–water partition coefficient (Wildman–Crippen LogP) is 1.33. The molecule has 24 heavy (non-hydrogen) atoms. The second-order valence-electron chi connectivity index (χ2n) is 5.76. The van der Waals surface area contributed by atoms with Gasteiger partial charge in [-0.3, -0.25) is 4.79 Å². The van der Waals surface area contributed by atoms with E-state index in [0.29, 0.717) is 50.4 Å². The van der Waals surface area contributed by atoms with Crippen LogP contribution in [0.15, 0.2) is 24.3 Å². The highest BCUT2D eigenvalue weighted by atomic mass is 16.5. The molecule has 0 aromatic heterocycles. The molecule has 1 saturated heterocycles. The van der Waals surface area contributed by atoms with Gasteiger partial charge >= 0.3 is 6.03 Å². The van der Waals surface area contributed by atoms with Crippen LogP contribution in [0.25, 0.3) is 0 Å². The Morgan fingerprint density at radius 2 is 2.12 bits per heavy atom. The van der Waals surface area contributed by atoms with Crippen LogP contribution in [0.2, 0.25) is 0 Å². The van der Waals surface area contributed by atoms with Crippen molar-refractivity contribution < 1.29 is 14.3 Å². The second kappa shape index (κ2) is 8.20. The van der Waals surface area contributed by atoms with Crippen LogP contribution in [0, 0.1) is 11.3 Å². The minimum absolute atomic E-state index is 0.0205. The van der Waals surface area contributed by atoms with E-state index in [1.54, 1.807) is 41.0 Å². The quantitative estimate of drug-likeness (QED) is 0.880. The van der Waals surface area contributed by atoms with Crippen LogP contribution < -0.4 is 10.5 Å². The zero-order chi connectivity index (χ0) is 17.5. The van der Waals surface area contributed by atoms with Crippen LogP contribution >= 0.6 is 0 Å². The number of hydrogen-bond donors (Lipinski definition) is 1. The van der Waals surface area contributed by atoms with E-state index in [-0.39, 0.29) is 11.9 Å². The number of nitriles is 1. The molecule has 128 valence electrons. The highest BCUT2D eigenvalue weighted by Gasteiger charge is 2.27. The van der Waals surface area contributed by atoms with Gasteiger partial charge in [-0.1, -0.05) is 6.07 Å². The van der Waals surface area contributed by atoms with Gasteiger partial charge in [-0.15, -0.1) is 0 Å². The number of piperidine rings is 1. The fourth-order valence-electron chi connectivity index (χ4n) is 2.88. The van der Waals surface area contributed by atoms with Crippen LogP contribution in [0.3, 0.4) is 0 Å². The molecule has 3 amide bonds. The van der Waals surface area contributed by atoms with E-state index in [1.165, 1.54) is 0 Å². The number of primary amides is 1. The van der Waals surface area contributed by atoms with Gasteiger partial charge in [0.15, 0.2) is 0 Å². The second-order valence-corrected chi connectivity index (χ2v) is 5.76. The Balaban J connectivity index is 1.87. The molecule has 1 aliphatic heterocycles. The number of rotatable bonds is 5. The van der Waals surface area contributed by atoms with Gasteiger partial charge in [-0.05, 0) is 31.0 Å². The molecular formula is C17H22N4O3. The van der Waals surface area contributed by atoms with Crippen LogP contribution in [-0.2, 0) is 4.79 Å². The van der Waals surface area contributed by atoms with Gasteiger partial charge in [0, 0.05) is 26.1 Å². The molecule has 7 heteroatoms. The first-order valence-corrected chi connectivity index (χ1v) is 7.96. The molecule has 0 saturated carbocycles. The van der Waals surface area contributed by atoms with Crippen LogP contribution in [0.5, 0.6) is 5.75 Å². The summed E-state index contributed by atoms with van der Waals surface area (Å²) >= 11 is 0. The van der Waals surface area contributed by atoms with Crippen molar-refractivity contribution in [2.45, 2.75) is 25.8 Å². The smallest absolute Gasteiger partial charge is 0.315 e. The molecule has 0 bridgehead atoms. The van der Waals surface area contributed by atoms with Crippen LogP contribution in [-0.4, -0.2) is 54.0 Å². The highest BCUT2D eigenvalue weighted by molar-refractivity contribution is 5.74. The molecule has 2 N–H and O–H groups in total. The maximum absolute atomic E-state index is 11.7. The zero-order valence-electron chi connectivity index (χ0n) is 13.8. The highest BCUT2D eigenvalue weighted by Crippen LogP contribution is 2.17. The van der Waals surface area contributed by atoms with Crippen molar-refractivity contribution in [3.05, 3.63) is 29.8 Å². The lowest BCUT2D eigenvalue weighted by Crippen LogP contribution is -2.51. The third-order valence-corrected chi connectivity index (χ3v) is 4.20. The molecule has 1 aromatic rings. The largest absolute Gasteiger partial charge is 0.492 e. The molecule has 1 aliphatic rings. The molecule has 0 radical (unpaired) electrons. The monoisotopic (exact) mass is 330 g/mol. The van der Waals surface area contributed by atoms with Crippen LogP contribution in [0.4, 0.5) is 4.79 Å². The Kier molecular flexibility index (Phi) is 6.01. The van der Waals surface area contributed by atoms with Gasteiger partial charge in [0.25, 0.3) is 0 Å². The van der Waals surface area contributed by atoms with Gasteiger partial charge in [-0.2, -0.15) is 5.26 Å². The first kappa shape index (κ1) is 17.6.